The summed E-state index contributed by atoms with van der Waals surface area (Å²) in [7, 11) is 0. The van der Waals surface area contributed by atoms with E-state index < -0.39 is 24.1 Å². The molecule has 22 heavy (non-hydrogen) atoms. The van der Waals surface area contributed by atoms with Gasteiger partial charge in [-0.05, 0) is 28.1 Å². The topological polar surface area (TPSA) is 56.2 Å². The van der Waals surface area contributed by atoms with Crippen molar-refractivity contribution in [2.24, 2.45) is 0 Å². The summed E-state index contributed by atoms with van der Waals surface area (Å²) in [4.78, 5) is 11.8. The van der Waals surface area contributed by atoms with Crippen LogP contribution in [0.15, 0.2) is 35.1 Å². The molecule has 0 unspecified atom stereocenters. The van der Waals surface area contributed by atoms with Crippen molar-refractivity contribution in [2.45, 2.75) is 19.6 Å². The first-order chi connectivity index (χ1) is 10.4. The van der Waals surface area contributed by atoms with Crippen molar-refractivity contribution in [3.63, 3.8) is 0 Å². The number of hydrogen-bond donors (Lipinski definition) is 1. The minimum Gasteiger partial charge on any atom is -0.432 e. The molecule has 0 saturated heterocycles. The SMILES string of the molecule is O=C(CCn1cc(Br)cn1)Nc1ccc(F)cc1OC(F)F. The quantitative estimate of drug-likeness (QED) is 0.838. The predicted molar refractivity (Wildman–Crippen MR) is 76.2 cm³/mol. The van der Waals surface area contributed by atoms with E-state index in [1.807, 2.05) is 0 Å². The van der Waals surface area contributed by atoms with E-state index in [0.29, 0.717) is 6.54 Å². The van der Waals surface area contributed by atoms with Crippen molar-refractivity contribution < 1.29 is 22.7 Å². The zero-order valence-corrected chi connectivity index (χ0v) is 12.7. The highest BCUT2D eigenvalue weighted by Crippen LogP contribution is 2.27. The summed E-state index contributed by atoms with van der Waals surface area (Å²) in [5.41, 5.74) is -0.0201. The van der Waals surface area contributed by atoms with E-state index in [4.69, 9.17) is 0 Å². The number of nitrogens with one attached hydrogen (secondary N) is 1. The van der Waals surface area contributed by atoms with Crippen LogP contribution in [0.25, 0.3) is 0 Å². The van der Waals surface area contributed by atoms with Crippen molar-refractivity contribution in [1.82, 2.24) is 9.78 Å². The summed E-state index contributed by atoms with van der Waals surface area (Å²) in [6.07, 6.45) is 3.34. The lowest BCUT2D eigenvalue weighted by Gasteiger charge is -2.12. The van der Waals surface area contributed by atoms with Crippen molar-refractivity contribution in [3.05, 3.63) is 40.9 Å². The molecular weight excluding hydrogens is 367 g/mol. The summed E-state index contributed by atoms with van der Waals surface area (Å²) in [5.74, 6) is -1.60. The molecule has 0 atom stereocenters. The Morgan fingerprint density at radius 2 is 2.23 bits per heavy atom. The van der Waals surface area contributed by atoms with Gasteiger partial charge in [0.2, 0.25) is 5.91 Å². The van der Waals surface area contributed by atoms with Crippen molar-refractivity contribution in [1.29, 1.82) is 0 Å². The van der Waals surface area contributed by atoms with Gasteiger partial charge >= 0.3 is 6.61 Å². The number of ether oxygens (including phenoxy) is 1. The van der Waals surface area contributed by atoms with E-state index in [1.165, 1.54) is 0 Å². The molecule has 0 saturated carbocycles. The van der Waals surface area contributed by atoms with Gasteiger partial charge in [0.05, 0.1) is 16.4 Å². The maximum absolute atomic E-state index is 13.1. The molecule has 5 nitrogen and oxygen atoms in total. The van der Waals surface area contributed by atoms with E-state index in [0.717, 1.165) is 22.7 Å². The first kappa shape index (κ1) is 16.3. The largest absolute Gasteiger partial charge is 0.432 e. The van der Waals surface area contributed by atoms with Gasteiger partial charge in [0.1, 0.15) is 5.82 Å². The van der Waals surface area contributed by atoms with E-state index in [9.17, 15) is 18.0 Å². The van der Waals surface area contributed by atoms with Gasteiger partial charge in [0.15, 0.2) is 5.75 Å². The van der Waals surface area contributed by atoms with E-state index >= 15 is 0 Å². The molecular formula is C13H11BrF3N3O2. The Hall–Kier alpha value is -2.03. The Bertz CT molecular complexity index is 664. The van der Waals surface area contributed by atoms with Gasteiger partial charge in [-0.15, -0.1) is 0 Å². The Morgan fingerprint density at radius 3 is 2.86 bits per heavy atom. The van der Waals surface area contributed by atoms with Gasteiger partial charge < -0.3 is 10.1 Å². The molecule has 0 radical (unpaired) electrons. The molecule has 1 aromatic carbocycles. The van der Waals surface area contributed by atoms with Crippen LogP contribution in [-0.2, 0) is 11.3 Å². The summed E-state index contributed by atoms with van der Waals surface area (Å²) >= 11 is 3.23. The smallest absolute Gasteiger partial charge is 0.387 e. The van der Waals surface area contributed by atoms with Crippen LogP contribution < -0.4 is 10.1 Å². The molecule has 2 rings (SSSR count). The number of halogens is 4. The third-order valence-corrected chi connectivity index (χ3v) is 3.01. The van der Waals surface area contributed by atoms with E-state index in [-0.39, 0.29) is 12.1 Å². The zero-order valence-electron chi connectivity index (χ0n) is 11.1. The fourth-order valence-corrected chi connectivity index (χ4v) is 2.01. The molecule has 0 aliphatic carbocycles. The van der Waals surface area contributed by atoms with Gasteiger partial charge in [-0.25, -0.2) is 4.39 Å². The molecule has 1 heterocycles. The summed E-state index contributed by atoms with van der Waals surface area (Å²) in [5, 5.41) is 6.38. The lowest BCUT2D eigenvalue weighted by molar-refractivity contribution is -0.116. The molecule has 1 amide bonds. The molecule has 1 aromatic heterocycles. The molecule has 0 aliphatic heterocycles. The van der Waals surface area contributed by atoms with Crippen LogP contribution in [-0.4, -0.2) is 22.3 Å². The molecule has 0 aliphatic rings. The summed E-state index contributed by atoms with van der Waals surface area (Å²) < 4.78 is 44.1. The second-order valence-corrected chi connectivity index (χ2v) is 5.15. The van der Waals surface area contributed by atoms with Gasteiger partial charge in [-0.1, -0.05) is 0 Å². The number of aryl methyl sites for hydroxylation is 1. The normalized spacial score (nSPS) is 10.8. The number of alkyl halides is 2. The second-order valence-electron chi connectivity index (χ2n) is 4.24. The van der Waals surface area contributed by atoms with Gasteiger partial charge in [0.25, 0.3) is 0 Å². The molecule has 1 N–H and O–H groups in total. The van der Waals surface area contributed by atoms with Crippen molar-refractivity contribution >= 4 is 27.5 Å². The predicted octanol–water partition coefficient (Wildman–Crippen LogP) is 3.41. The highest BCUT2D eigenvalue weighted by Gasteiger charge is 2.13. The second kappa shape index (κ2) is 7.30. The molecule has 0 fully saturated rings. The first-order valence-electron chi connectivity index (χ1n) is 6.16. The van der Waals surface area contributed by atoms with Crippen LogP contribution in [0.3, 0.4) is 0 Å². The number of carbonyl (C=O) groups is 1. The number of rotatable bonds is 6. The molecule has 0 spiro atoms. The molecule has 9 heteroatoms. The third-order valence-electron chi connectivity index (χ3n) is 2.60. The standard InChI is InChI=1S/C13H11BrF3N3O2/c14-8-6-18-20(7-8)4-3-12(21)19-10-2-1-9(15)5-11(10)22-13(16)17/h1-2,5-7,13H,3-4H2,(H,19,21). The summed E-state index contributed by atoms with van der Waals surface area (Å²) in [6, 6.07) is 2.99. The minimum absolute atomic E-state index is 0.0201. The number of carbonyl (C=O) groups excluding carboxylic acids is 1. The maximum atomic E-state index is 13.1. The average Bonchev–Trinajstić information content (AvgIpc) is 2.85. The van der Waals surface area contributed by atoms with Crippen LogP contribution in [0.1, 0.15) is 6.42 Å². The van der Waals surface area contributed by atoms with Crippen LogP contribution in [0, 0.1) is 5.82 Å². The number of aromatic nitrogens is 2. The maximum Gasteiger partial charge on any atom is 0.387 e. The molecule has 118 valence electrons. The van der Waals surface area contributed by atoms with Gasteiger partial charge in [-0.3, -0.25) is 9.48 Å². The minimum atomic E-state index is -3.11. The fourth-order valence-electron chi connectivity index (χ4n) is 1.68. The fraction of sp³-hybridized carbons (Fsp3) is 0.231. The number of hydrogen-bond acceptors (Lipinski definition) is 3. The zero-order chi connectivity index (χ0) is 16.1. The first-order valence-corrected chi connectivity index (χ1v) is 6.95. The molecule has 2 aromatic rings. The number of nitrogens with zero attached hydrogens (tertiary/aromatic N) is 2. The Balaban J connectivity index is 1.98. The Morgan fingerprint density at radius 1 is 1.45 bits per heavy atom. The van der Waals surface area contributed by atoms with Crippen LogP contribution in [0.4, 0.5) is 18.9 Å². The number of amides is 1. The van der Waals surface area contributed by atoms with Crippen LogP contribution >= 0.6 is 15.9 Å². The van der Waals surface area contributed by atoms with E-state index in [2.05, 4.69) is 31.1 Å². The van der Waals surface area contributed by atoms with Crippen LogP contribution in [0.5, 0.6) is 5.75 Å². The van der Waals surface area contributed by atoms with Gasteiger partial charge in [0, 0.05) is 25.2 Å². The lowest BCUT2D eigenvalue weighted by Crippen LogP contribution is -2.16. The highest BCUT2D eigenvalue weighted by atomic mass is 79.9. The van der Waals surface area contributed by atoms with Crippen LogP contribution in [0.2, 0.25) is 0 Å². The average molecular weight is 378 g/mol. The Labute approximate surface area is 132 Å². The van der Waals surface area contributed by atoms with Gasteiger partial charge in [-0.2, -0.15) is 13.9 Å². The third kappa shape index (κ3) is 4.76. The number of anilines is 1. The molecule has 0 bridgehead atoms. The van der Waals surface area contributed by atoms with Crippen molar-refractivity contribution in [3.8, 4) is 5.75 Å². The van der Waals surface area contributed by atoms with E-state index in [1.54, 1.807) is 17.1 Å². The number of benzene rings is 1. The highest BCUT2D eigenvalue weighted by molar-refractivity contribution is 9.10. The van der Waals surface area contributed by atoms with Crippen molar-refractivity contribution in [2.75, 3.05) is 5.32 Å². The summed E-state index contributed by atoms with van der Waals surface area (Å²) in [6.45, 7) is -2.80. The lowest BCUT2D eigenvalue weighted by atomic mass is 10.2. The Kier molecular flexibility index (Phi) is 5.42. The monoisotopic (exact) mass is 377 g/mol.